The number of alkyl carbamates (subject to hydrolysis) is 1. The van der Waals surface area contributed by atoms with Crippen LogP contribution in [0, 0.1) is 0 Å². The molecular formula is C22H35N5O2. The third-order valence-corrected chi connectivity index (χ3v) is 4.34. The minimum atomic E-state index is -0.522. The lowest BCUT2D eigenvalue weighted by molar-refractivity contribution is 0.0474. The maximum Gasteiger partial charge on any atom is 0.408 e. The summed E-state index contributed by atoms with van der Waals surface area (Å²) in [7, 11) is 1.73. The van der Waals surface area contributed by atoms with Crippen molar-refractivity contribution in [1.29, 1.82) is 0 Å². The Labute approximate surface area is 174 Å². The fourth-order valence-electron chi connectivity index (χ4n) is 2.85. The van der Waals surface area contributed by atoms with Gasteiger partial charge < -0.3 is 25.6 Å². The summed E-state index contributed by atoms with van der Waals surface area (Å²) in [4.78, 5) is 18.6. The summed E-state index contributed by atoms with van der Waals surface area (Å²) in [5, 5.41) is 9.45. The van der Waals surface area contributed by atoms with E-state index < -0.39 is 17.2 Å². The van der Waals surface area contributed by atoms with Crippen molar-refractivity contribution >= 4 is 17.7 Å². The van der Waals surface area contributed by atoms with Crippen LogP contribution in [0.1, 0.15) is 40.2 Å². The van der Waals surface area contributed by atoms with Crippen LogP contribution in [-0.2, 0) is 11.3 Å². The first kappa shape index (κ1) is 22.6. The van der Waals surface area contributed by atoms with E-state index in [1.807, 2.05) is 34.6 Å². The van der Waals surface area contributed by atoms with Crippen molar-refractivity contribution in [2.24, 2.45) is 4.99 Å². The summed E-state index contributed by atoms with van der Waals surface area (Å²) in [6.45, 7) is 12.5. The number of benzene rings is 1. The van der Waals surface area contributed by atoms with Gasteiger partial charge in [-0.05, 0) is 52.3 Å². The van der Waals surface area contributed by atoms with Crippen molar-refractivity contribution in [2.45, 2.75) is 52.3 Å². The zero-order chi connectivity index (χ0) is 21.5. The van der Waals surface area contributed by atoms with E-state index in [2.05, 4.69) is 62.3 Å². The lowest BCUT2D eigenvalue weighted by Gasteiger charge is -2.29. The second kappa shape index (κ2) is 9.67. The van der Waals surface area contributed by atoms with E-state index in [1.165, 1.54) is 11.3 Å². The number of aliphatic imine (C=N–C) groups is 1. The van der Waals surface area contributed by atoms with E-state index in [4.69, 9.17) is 4.74 Å². The van der Waals surface area contributed by atoms with Gasteiger partial charge in [0.1, 0.15) is 5.60 Å². The Morgan fingerprint density at radius 2 is 1.69 bits per heavy atom. The molecule has 1 aliphatic heterocycles. The summed E-state index contributed by atoms with van der Waals surface area (Å²) >= 11 is 0. The Balaban J connectivity index is 1.79. The van der Waals surface area contributed by atoms with Crippen molar-refractivity contribution in [3.05, 3.63) is 42.0 Å². The van der Waals surface area contributed by atoms with Gasteiger partial charge >= 0.3 is 6.09 Å². The number of nitrogens with one attached hydrogen (secondary N) is 3. The van der Waals surface area contributed by atoms with Crippen molar-refractivity contribution in [1.82, 2.24) is 16.0 Å². The van der Waals surface area contributed by atoms with E-state index in [9.17, 15) is 4.79 Å². The fourth-order valence-corrected chi connectivity index (χ4v) is 2.85. The van der Waals surface area contributed by atoms with Crippen LogP contribution in [0.4, 0.5) is 10.5 Å². The van der Waals surface area contributed by atoms with Crippen LogP contribution in [0.5, 0.6) is 0 Å². The first-order valence-corrected chi connectivity index (χ1v) is 10.0. The van der Waals surface area contributed by atoms with Gasteiger partial charge in [-0.25, -0.2) is 4.79 Å². The predicted molar refractivity (Wildman–Crippen MR) is 119 cm³/mol. The minimum Gasteiger partial charge on any atom is -0.444 e. The molecule has 3 N–H and O–H groups in total. The molecule has 1 aromatic rings. The maximum absolute atomic E-state index is 12.0. The van der Waals surface area contributed by atoms with Crippen molar-refractivity contribution in [3.8, 4) is 0 Å². The van der Waals surface area contributed by atoms with Crippen LogP contribution >= 0.6 is 0 Å². The highest BCUT2D eigenvalue weighted by Crippen LogP contribution is 2.17. The van der Waals surface area contributed by atoms with Gasteiger partial charge in [-0.2, -0.15) is 0 Å². The Morgan fingerprint density at radius 3 is 2.24 bits per heavy atom. The number of hydrogen-bond acceptors (Lipinski definition) is 4. The molecule has 0 atom stereocenters. The van der Waals surface area contributed by atoms with Gasteiger partial charge in [0.25, 0.3) is 0 Å². The second-order valence-corrected chi connectivity index (χ2v) is 8.83. The second-order valence-electron chi connectivity index (χ2n) is 8.83. The molecule has 29 heavy (non-hydrogen) atoms. The molecule has 1 aliphatic rings. The van der Waals surface area contributed by atoms with Crippen LogP contribution in [0.3, 0.4) is 0 Å². The van der Waals surface area contributed by atoms with E-state index in [-0.39, 0.29) is 0 Å². The molecule has 0 fully saturated rings. The lowest BCUT2D eigenvalue weighted by atomic mass is 10.1. The molecule has 1 aromatic carbocycles. The molecule has 0 saturated heterocycles. The SMILES string of the molecule is CN=C(NCc1ccc(N2CC=CC2)cc1)NCC(C)(C)NC(=O)OC(C)(C)C. The molecular weight excluding hydrogens is 366 g/mol. The number of anilines is 1. The third kappa shape index (κ3) is 8.05. The largest absolute Gasteiger partial charge is 0.444 e. The first-order valence-electron chi connectivity index (χ1n) is 10.0. The fraction of sp³-hybridized carbons (Fsp3) is 0.545. The number of nitrogens with zero attached hydrogens (tertiary/aromatic N) is 2. The van der Waals surface area contributed by atoms with Gasteiger partial charge in [-0.1, -0.05) is 24.3 Å². The Bertz CT molecular complexity index is 725. The monoisotopic (exact) mass is 401 g/mol. The number of ether oxygens (including phenoxy) is 1. The molecule has 1 amide bonds. The zero-order valence-corrected chi connectivity index (χ0v) is 18.5. The predicted octanol–water partition coefficient (Wildman–Crippen LogP) is 3.03. The highest BCUT2D eigenvalue weighted by atomic mass is 16.6. The van der Waals surface area contributed by atoms with Gasteiger partial charge in [0.2, 0.25) is 0 Å². The normalized spacial score (nSPS) is 14.7. The van der Waals surface area contributed by atoms with Crippen molar-refractivity contribution < 1.29 is 9.53 Å². The number of carbonyl (C=O) groups excluding carboxylic acids is 1. The van der Waals surface area contributed by atoms with Crippen molar-refractivity contribution in [2.75, 3.05) is 31.6 Å². The molecule has 2 rings (SSSR count). The smallest absolute Gasteiger partial charge is 0.408 e. The summed E-state index contributed by atoms with van der Waals surface area (Å²) < 4.78 is 5.33. The number of rotatable bonds is 6. The highest BCUT2D eigenvalue weighted by Gasteiger charge is 2.24. The van der Waals surface area contributed by atoms with Crippen molar-refractivity contribution in [3.63, 3.8) is 0 Å². The topological polar surface area (TPSA) is 78.0 Å². The highest BCUT2D eigenvalue weighted by molar-refractivity contribution is 5.79. The van der Waals surface area contributed by atoms with Gasteiger partial charge in [-0.3, -0.25) is 4.99 Å². The summed E-state index contributed by atoms with van der Waals surface area (Å²) in [5.41, 5.74) is 1.39. The molecule has 7 heteroatoms. The molecule has 0 spiro atoms. The van der Waals surface area contributed by atoms with Gasteiger partial charge in [0, 0.05) is 38.9 Å². The first-order chi connectivity index (χ1) is 13.6. The number of carbonyl (C=O) groups is 1. The van der Waals surface area contributed by atoms with E-state index in [0.29, 0.717) is 19.0 Å². The lowest BCUT2D eigenvalue weighted by Crippen LogP contribution is -2.54. The van der Waals surface area contributed by atoms with E-state index in [0.717, 1.165) is 13.1 Å². The standard InChI is InChI=1S/C22H35N5O2/c1-21(2,3)29-20(28)26-22(4,5)16-25-19(23-6)24-15-17-9-11-18(12-10-17)27-13-7-8-14-27/h7-12H,13-16H2,1-6H3,(H,26,28)(H2,23,24,25). The van der Waals surface area contributed by atoms with Gasteiger partial charge in [-0.15, -0.1) is 0 Å². The summed E-state index contributed by atoms with van der Waals surface area (Å²) in [6.07, 6.45) is 3.94. The molecule has 1 heterocycles. The van der Waals surface area contributed by atoms with Gasteiger partial charge in [0.05, 0.1) is 5.54 Å². The van der Waals surface area contributed by atoms with E-state index in [1.54, 1.807) is 7.05 Å². The Kier molecular flexibility index (Phi) is 7.53. The number of amides is 1. The van der Waals surface area contributed by atoms with Crippen LogP contribution in [0.25, 0.3) is 0 Å². The van der Waals surface area contributed by atoms with Crippen LogP contribution in [-0.4, -0.2) is 49.9 Å². The van der Waals surface area contributed by atoms with Gasteiger partial charge in [0.15, 0.2) is 5.96 Å². The average molecular weight is 402 g/mol. The summed E-state index contributed by atoms with van der Waals surface area (Å²) in [6, 6.07) is 8.55. The van der Waals surface area contributed by atoms with Crippen LogP contribution in [0.2, 0.25) is 0 Å². The van der Waals surface area contributed by atoms with Crippen LogP contribution < -0.4 is 20.9 Å². The zero-order valence-electron chi connectivity index (χ0n) is 18.5. The molecule has 0 saturated carbocycles. The average Bonchev–Trinajstić information content (AvgIpc) is 3.14. The quantitative estimate of drug-likeness (QED) is 0.388. The molecule has 7 nitrogen and oxygen atoms in total. The molecule has 0 bridgehead atoms. The minimum absolute atomic E-state index is 0.430. The molecule has 0 unspecified atom stereocenters. The Hall–Kier alpha value is -2.70. The third-order valence-electron chi connectivity index (χ3n) is 4.34. The Morgan fingerprint density at radius 1 is 1.07 bits per heavy atom. The molecule has 0 aliphatic carbocycles. The molecule has 0 aromatic heterocycles. The number of guanidine groups is 1. The molecule has 160 valence electrons. The van der Waals surface area contributed by atoms with E-state index >= 15 is 0 Å². The maximum atomic E-state index is 12.0. The van der Waals surface area contributed by atoms with Crippen LogP contribution in [0.15, 0.2) is 41.4 Å². The number of hydrogen-bond donors (Lipinski definition) is 3. The molecule has 0 radical (unpaired) electrons. The summed E-state index contributed by atoms with van der Waals surface area (Å²) in [5.74, 6) is 0.678.